The Bertz CT molecular complexity index is 212. The van der Waals surface area contributed by atoms with E-state index in [1.54, 1.807) is 30.3 Å². The third kappa shape index (κ3) is 2.74. The predicted octanol–water partition coefficient (Wildman–Crippen LogP) is 0.412. The van der Waals surface area contributed by atoms with Crippen LogP contribution < -0.4 is 10.2 Å². The van der Waals surface area contributed by atoms with Gasteiger partial charge >= 0.3 is 30.4 Å². The van der Waals surface area contributed by atoms with Gasteiger partial charge in [0.05, 0.1) is 0 Å². The molecule has 1 atom stereocenters. The van der Waals surface area contributed by atoms with Crippen LogP contribution in [0, 0.1) is 0 Å². The Morgan fingerprint density at radius 2 is 1.70 bits per heavy atom. The zero-order chi connectivity index (χ0) is 6.69. The first-order valence-corrected chi connectivity index (χ1v) is 3.68. The van der Waals surface area contributed by atoms with E-state index < -0.39 is 8.03 Å². The van der Waals surface area contributed by atoms with Crippen LogP contribution in [-0.2, 0) is 26.9 Å². The van der Waals surface area contributed by atoms with E-state index in [2.05, 4.69) is 0 Å². The first kappa shape index (κ1) is 10.0. The molecule has 0 heterocycles. The molecule has 0 aromatic heterocycles. The van der Waals surface area contributed by atoms with Gasteiger partial charge in [-0.2, -0.15) is 0 Å². The molecule has 0 bridgehead atoms. The molecule has 56 valence electrons. The second kappa shape index (κ2) is 4.78. The molecule has 0 N–H and O–H groups in total. The van der Waals surface area contributed by atoms with Gasteiger partial charge in [-0.3, -0.25) is 0 Å². The standard InChI is InChI=1S/C6H5O2P.Ag/c7-9(8)6-4-2-1-3-5-6;/h1-5H;/q;+1. The molecule has 1 aromatic rings. The Labute approximate surface area is 75.7 Å². The summed E-state index contributed by atoms with van der Waals surface area (Å²) in [5, 5.41) is 0.368. The summed E-state index contributed by atoms with van der Waals surface area (Å²) in [4.78, 5) is 10.2. The van der Waals surface area contributed by atoms with Crippen molar-refractivity contribution >= 4 is 13.3 Å². The first-order chi connectivity index (χ1) is 4.30. The monoisotopic (exact) mass is 247 g/mol. The van der Waals surface area contributed by atoms with Gasteiger partial charge in [-0.1, -0.05) is 22.8 Å². The summed E-state index contributed by atoms with van der Waals surface area (Å²) in [6.45, 7) is 0. The summed E-state index contributed by atoms with van der Waals surface area (Å²) < 4.78 is 10.2. The molecule has 1 aromatic carbocycles. The molecule has 1 rings (SSSR count). The average Bonchev–Trinajstić information content (AvgIpc) is 1.90. The molecule has 2 nitrogen and oxygen atoms in total. The normalized spacial score (nSPS) is 9.90. The molecule has 0 saturated carbocycles. The van der Waals surface area contributed by atoms with Crippen LogP contribution in [-0.4, -0.2) is 0 Å². The Morgan fingerprint density at radius 1 is 1.20 bits per heavy atom. The summed E-state index contributed by atoms with van der Waals surface area (Å²) in [5.74, 6) is 0. The van der Waals surface area contributed by atoms with E-state index in [9.17, 15) is 9.46 Å². The Hall–Kier alpha value is 0.0203. The molecule has 4 heteroatoms. The van der Waals surface area contributed by atoms with Crippen LogP contribution in [0.25, 0.3) is 0 Å². The van der Waals surface area contributed by atoms with E-state index in [1.165, 1.54) is 0 Å². The molecule has 0 fully saturated rings. The summed E-state index contributed by atoms with van der Waals surface area (Å²) in [6, 6.07) is 8.29. The van der Waals surface area contributed by atoms with Crippen LogP contribution in [0.5, 0.6) is 0 Å². The zero-order valence-corrected chi connectivity index (χ0v) is 7.33. The van der Waals surface area contributed by atoms with E-state index in [1.807, 2.05) is 0 Å². The van der Waals surface area contributed by atoms with Gasteiger partial charge in [0.15, 0.2) is 5.30 Å². The van der Waals surface area contributed by atoms with Crippen molar-refractivity contribution < 1.29 is 31.8 Å². The van der Waals surface area contributed by atoms with Crippen LogP contribution in [0.15, 0.2) is 30.3 Å². The van der Waals surface area contributed by atoms with Gasteiger partial charge < -0.3 is 4.89 Å². The second-order valence-corrected chi connectivity index (χ2v) is 2.62. The van der Waals surface area contributed by atoms with Gasteiger partial charge in [-0.05, 0) is 12.1 Å². The van der Waals surface area contributed by atoms with E-state index in [0.29, 0.717) is 5.30 Å². The fourth-order valence-corrected chi connectivity index (χ4v) is 0.965. The van der Waals surface area contributed by atoms with Crippen molar-refractivity contribution in [2.45, 2.75) is 0 Å². The van der Waals surface area contributed by atoms with Crippen molar-refractivity contribution in [2.24, 2.45) is 0 Å². The molecule has 0 aliphatic heterocycles. The maximum atomic E-state index is 10.2. The van der Waals surface area contributed by atoms with Crippen LogP contribution >= 0.6 is 8.03 Å². The maximum absolute atomic E-state index is 10.2. The summed E-state index contributed by atoms with van der Waals surface area (Å²) in [7, 11) is -2.40. The largest absolute Gasteiger partial charge is 1.00 e. The van der Waals surface area contributed by atoms with Crippen LogP contribution in [0.3, 0.4) is 0 Å². The number of hydrogen-bond acceptors (Lipinski definition) is 2. The number of hydrogen-bond donors (Lipinski definition) is 0. The van der Waals surface area contributed by atoms with Gasteiger partial charge in [0.2, 0.25) is 0 Å². The minimum Gasteiger partial charge on any atom is -0.591 e. The van der Waals surface area contributed by atoms with Gasteiger partial charge in [0.1, 0.15) is 0 Å². The van der Waals surface area contributed by atoms with Crippen molar-refractivity contribution in [1.82, 2.24) is 0 Å². The molecular formula is C6H5AgO2P+. The molecule has 0 spiro atoms. The van der Waals surface area contributed by atoms with Crippen molar-refractivity contribution in [2.75, 3.05) is 0 Å². The SMILES string of the molecule is O=[P+]([O-])c1ccccc1.[Ag+]. The quantitative estimate of drug-likeness (QED) is 0.533. The number of benzene rings is 1. The molecule has 0 saturated heterocycles. The molecule has 10 heavy (non-hydrogen) atoms. The summed E-state index contributed by atoms with van der Waals surface area (Å²) >= 11 is 0. The summed E-state index contributed by atoms with van der Waals surface area (Å²) in [5.41, 5.74) is 0. The molecule has 0 amide bonds. The van der Waals surface area contributed by atoms with Crippen LogP contribution in [0.1, 0.15) is 0 Å². The average molecular weight is 248 g/mol. The minimum atomic E-state index is -2.40. The number of rotatable bonds is 1. The zero-order valence-electron chi connectivity index (χ0n) is 4.95. The second-order valence-electron chi connectivity index (χ2n) is 1.59. The fourth-order valence-electron chi connectivity index (χ4n) is 0.550. The predicted molar refractivity (Wildman–Crippen MR) is 33.7 cm³/mol. The fraction of sp³-hybridized carbons (Fsp3) is 0. The van der Waals surface area contributed by atoms with Crippen molar-refractivity contribution in [3.63, 3.8) is 0 Å². The Morgan fingerprint density at radius 3 is 2.00 bits per heavy atom. The van der Waals surface area contributed by atoms with Gasteiger partial charge in [-0.25, -0.2) is 0 Å². The van der Waals surface area contributed by atoms with E-state index in [-0.39, 0.29) is 22.4 Å². The van der Waals surface area contributed by atoms with Gasteiger partial charge in [-0.15, -0.1) is 0 Å². The van der Waals surface area contributed by atoms with Gasteiger partial charge in [0.25, 0.3) is 0 Å². The molecular weight excluding hydrogens is 243 g/mol. The van der Waals surface area contributed by atoms with E-state index in [0.717, 1.165) is 0 Å². The van der Waals surface area contributed by atoms with Crippen LogP contribution in [0.4, 0.5) is 0 Å². The Balaban J connectivity index is 0.000000810. The molecule has 0 radical (unpaired) electrons. The van der Waals surface area contributed by atoms with E-state index >= 15 is 0 Å². The molecule has 0 aliphatic carbocycles. The summed E-state index contributed by atoms with van der Waals surface area (Å²) in [6.07, 6.45) is 0. The smallest absolute Gasteiger partial charge is 0.591 e. The van der Waals surface area contributed by atoms with Crippen LogP contribution in [0.2, 0.25) is 0 Å². The first-order valence-electron chi connectivity index (χ1n) is 2.50. The third-order valence-corrected chi connectivity index (χ3v) is 1.69. The Kier molecular flexibility index (Phi) is 4.79. The van der Waals surface area contributed by atoms with Gasteiger partial charge in [0, 0.05) is 0 Å². The molecule has 0 aliphatic rings. The van der Waals surface area contributed by atoms with Crippen molar-refractivity contribution in [1.29, 1.82) is 0 Å². The topological polar surface area (TPSA) is 40.1 Å². The van der Waals surface area contributed by atoms with Crippen molar-refractivity contribution in [3.8, 4) is 0 Å². The third-order valence-electron chi connectivity index (χ3n) is 0.967. The van der Waals surface area contributed by atoms with E-state index in [4.69, 9.17) is 0 Å². The maximum Gasteiger partial charge on any atom is 1.00 e. The minimum absolute atomic E-state index is 0. The van der Waals surface area contributed by atoms with Crippen molar-refractivity contribution in [3.05, 3.63) is 30.3 Å². The molecule has 1 unspecified atom stereocenters.